The Kier molecular flexibility index (Phi) is 7.10. The Morgan fingerprint density at radius 2 is 1.81 bits per heavy atom. The van der Waals surface area contributed by atoms with Gasteiger partial charge in [0.25, 0.3) is 0 Å². The number of hydrogen-bond donors (Lipinski definition) is 3. The predicted molar refractivity (Wildman–Crippen MR) is 147 cm³/mol. The number of hydrazine groups is 1. The van der Waals surface area contributed by atoms with Crippen LogP contribution in [0.15, 0.2) is 97.2 Å². The zero-order chi connectivity index (χ0) is 25.6. The number of anilines is 1. The maximum absolute atomic E-state index is 10.9. The monoisotopic (exact) mass is 489 g/mol. The van der Waals surface area contributed by atoms with Crippen molar-refractivity contribution in [3.05, 3.63) is 125 Å². The van der Waals surface area contributed by atoms with Crippen LogP contribution in [0.1, 0.15) is 41.2 Å². The second-order valence-electron chi connectivity index (χ2n) is 8.65. The number of carboxylic acid groups (broad SMARTS) is 1. The second kappa shape index (κ2) is 10.9. The van der Waals surface area contributed by atoms with Crippen molar-refractivity contribution < 1.29 is 14.6 Å². The van der Waals surface area contributed by atoms with Gasteiger partial charge in [0.15, 0.2) is 0 Å². The van der Waals surface area contributed by atoms with Gasteiger partial charge in [0, 0.05) is 24.9 Å². The fourth-order valence-corrected chi connectivity index (χ4v) is 4.50. The van der Waals surface area contributed by atoms with E-state index in [0.717, 1.165) is 58.3 Å². The number of rotatable bonds is 8. The van der Waals surface area contributed by atoms with Gasteiger partial charge in [-0.3, -0.25) is 0 Å². The van der Waals surface area contributed by atoms with Gasteiger partial charge in [-0.15, -0.1) is 0 Å². The normalized spacial score (nSPS) is 13.1. The third-order valence-electron chi connectivity index (χ3n) is 6.21. The van der Waals surface area contributed by atoms with Gasteiger partial charge >= 0.3 is 5.97 Å². The molecule has 0 spiro atoms. The largest absolute Gasteiger partial charge is 0.478 e. The molecule has 0 bridgehead atoms. The molecule has 0 unspecified atom stereocenters. The van der Waals surface area contributed by atoms with E-state index in [4.69, 9.17) is 9.84 Å². The number of carbonyl (C=O) groups is 1. The van der Waals surface area contributed by atoms with Gasteiger partial charge in [0.1, 0.15) is 5.75 Å². The Hall–Kier alpha value is -4.68. The number of fused-ring (bicyclic) bond motifs is 1. The second-order valence-corrected chi connectivity index (χ2v) is 8.65. The number of hydrogen-bond acceptors (Lipinski definition) is 5. The van der Waals surface area contributed by atoms with E-state index in [1.165, 1.54) is 11.1 Å². The summed E-state index contributed by atoms with van der Waals surface area (Å²) in [4.78, 5) is 15.2. The molecule has 0 radical (unpaired) electrons. The lowest BCUT2D eigenvalue weighted by atomic mass is 9.87. The number of aliphatic carboxylic acids is 1. The molecule has 4 aromatic rings. The summed E-state index contributed by atoms with van der Waals surface area (Å²) in [5.41, 5.74) is 15.0. The standard InChI is InChI=1S/C31H27N3O3/c1-2-27(23-6-5-7-26(19-23)37-29-8-3-4-17-32-29)31(24-14-15-28-25(18-24)20-33-34-28)22-12-9-21(10-13-22)11-16-30(35)36/h3-19,33-34H,2,20H2,1H3,(H,35,36)/b16-11+,31-27+. The van der Waals surface area contributed by atoms with E-state index in [0.29, 0.717) is 5.88 Å². The first-order valence-corrected chi connectivity index (χ1v) is 12.2. The number of carboxylic acids is 1. The lowest BCUT2D eigenvalue weighted by Gasteiger charge is -2.18. The number of nitrogens with one attached hydrogen (secondary N) is 2. The quantitative estimate of drug-likeness (QED) is 0.187. The fraction of sp³-hybridized carbons (Fsp3) is 0.0968. The van der Waals surface area contributed by atoms with Gasteiger partial charge in [-0.2, -0.15) is 0 Å². The highest BCUT2D eigenvalue weighted by Gasteiger charge is 2.17. The van der Waals surface area contributed by atoms with E-state index >= 15 is 0 Å². The van der Waals surface area contributed by atoms with E-state index in [2.05, 4.69) is 47.0 Å². The molecule has 6 heteroatoms. The van der Waals surface area contributed by atoms with Crippen LogP contribution in [0.2, 0.25) is 0 Å². The zero-order valence-electron chi connectivity index (χ0n) is 20.4. The number of allylic oxidation sites excluding steroid dienone is 1. The number of benzene rings is 3. The highest BCUT2D eigenvalue weighted by molar-refractivity contribution is 5.99. The van der Waals surface area contributed by atoms with Crippen molar-refractivity contribution in [2.45, 2.75) is 19.9 Å². The molecule has 2 heterocycles. The third kappa shape index (κ3) is 5.60. The number of pyridine rings is 1. The van der Waals surface area contributed by atoms with Crippen LogP contribution in [0.3, 0.4) is 0 Å². The maximum atomic E-state index is 10.9. The number of ether oxygens (including phenoxy) is 1. The van der Waals surface area contributed by atoms with Crippen molar-refractivity contribution in [1.29, 1.82) is 0 Å². The summed E-state index contributed by atoms with van der Waals surface area (Å²) in [5.74, 6) is 0.301. The van der Waals surface area contributed by atoms with Crippen LogP contribution in [-0.2, 0) is 11.3 Å². The summed E-state index contributed by atoms with van der Waals surface area (Å²) < 4.78 is 6.02. The first kappa shape index (κ1) is 24.0. The molecule has 3 aromatic carbocycles. The number of aromatic nitrogens is 1. The van der Waals surface area contributed by atoms with Crippen molar-refractivity contribution >= 4 is 28.9 Å². The van der Waals surface area contributed by atoms with E-state index in [9.17, 15) is 4.79 Å². The summed E-state index contributed by atoms with van der Waals surface area (Å²) in [5, 5.41) is 8.97. The highest BCUT2D eigenvalue weighted by atomic mass is 16.5. The summed E-state index contributed by atoms with van der Waals surface area (Å²) in [6, 6.07) is 28.1. The summed E-state index contributed by atoms with van der Waals surface area (Å²) in [7, 11) is 0. The Balaban J connectivity index is 1.61. The Labute approximate surface area is 215 Å². The molecule has 0 amide bonds. The van der Waals surface area contributed by atoms with Crippen molar-refractivity contribution in [3.8, 4) is 11.6 Å². The molecule has 0 saturated heterocycles. The van der Waals surface area contributed by atoms with Crippen LogP contribution in [0, 0.1) is 0 Å². The van der Waals surface area contributed by atoms with E-state index in [1.807, 2.05) is 60.7 Å². The summed E-state index contributed by atoms with van der Waals surface area (Å²) in [6.45, 7) is 2.91. The van der Waals surface area contributed by atoms with Gasteiger partial charge in [0.05, 0.1) is 5.69 Å². The van der Waals surface area contributed by atoms with E-state index < -0.39 is 5.97 Å². The van der Waals surface area contributed by atoms with Gasteiger partial charge in [-0.05, 0) is 81.8 Å². The molecule has 5 rings (SSSR count). The minimum Gasteiger partial charge on any atom is -0.478 e. The Morgan fingerprint density at radius 1 is 0.973 bits per heavy atom. The first-order chi connectivity index (χ1) is 18.1. The third-order valence-corrected chi connectivity index (χ3v) is 6.21. The summed E-state index contributed by atoms with van der Waals surface area (Å²) >= 11 is 0. The van der Waals surface area contributed by atoms with Crippen LogP contribution >= 0.6 is 0 Å². The van der Waals surface area contributed by atoms with Gasteiger partial charge in [-0.1, -0.05) is 55.5 Å². The molecule has 1 aliphatic heterocycles. The predicted octanol–water partition coefficient (Wildman–Crippen LogP) is 6.77. The van der Waals surface area contributed by atoms with Crippen molar-refractivity contribution in [1.82, 2.24) is 10.4 Å². The molecule has 184 valence electrons. The minimum absolute atomic E-state index is 0.547. The smallest absolute Gasteiger partial charge is 0.328 e. The fourth-order valence-electron chi connectivity index (χ4n) is 4.50. The molecule has 37 heavy (non-hydrogen) atoms. The molecule has 6 nitrogen and oxygen atoms in total. The van der Waals surface area contributed by atoms with Crippen LogP contribution in [-0.4, -0.2) is 16.1 Å². The number of nitrogens with zero attached hydrogens (tertiary/aromatic N) is 1. The lowest BCUT2D eigenvalue weighted by Crippen LogP contribution is -2.10. The van der Waals surface area contributed by atoms with Gasteiger partial charge in [0.2, 0.25) is 5.88 Å². The zero-order valence-corrected chi connectivity index (χ0v) is 20.4. The van der Waals surface area contributed by atoms with E-state index in [1.54, 1.807) is 12.3 Å². The van der Waals surface area contributed by atoms with Crippen LogP contribution in [0.25, 0.3) is 17.2 Å². The molecule has 0 fully saturated rings. The average Bonchev–Trinajstić information content (AvgIpc) is 3.40. The van der Waals surface area contributed by atoms with Gasteiger partial charge < -0.3 is 15.3 Å². The van der Waals surface area contributed by atoms with Crippen LogP contribution in [0.5, 0.6) is 11.6 Å². The van der Waals surface area contributed by atoms with Crippen LogP contribution in [0.4, 0.5) is 5.69 Å². The molecule has 1 aliphatic rings. The molecular formula is C31H27N3O3. The molecule has 1 aromatic heterocycles. The Bertz CT molecular complexity index is 1480. The highest BCUT2D eigenvalue weighted by Crippen LogP contribution is 2.37. The molecule has 3 N–H and O–H groups in total. The van der Waals surface area contributed by atoms with Crippen molar-refractivity contribution in [2.75, 3.05) is 5.43 Å². The van der Waals surface area contributed by atoms with Gasteiger partial charge in [-0.25, -0.2) is 15.2 Å². The minimum atomic E-state index is -0.967. The summed E-state index contributed by atoms with van der Waals surface area (Å²) in [6.07, 6.45) is 5.26. The molecule has 0 atom stereocenters. The van der Waals surface area contributed by atoms with Crippen molar-refractivity contribution in [2.24, 2.45) is 0 Å². The molecule has 0 saturated carbocycles. The molecule has 0 aliphatic carbocycles. The Morgan fingerprint density at radius 3 is 2.57 bits per heavy atom. The van der Waals surface area contributed by atoms with Crippen LogP contribution < -0.4 is 15.6 Å². The lowest BCUT2D eigenvalue weighted by molar-refractivity contribution is -0.131. The maximum Gasteiger partial charge on any atom is 0.328 e. The van der Waals surface area contributed by atoms with Crippen molar-refractivity contribution in [3.63, 3.8) is 0 Å². The average molecular weight is 490 g/mol. The van der Waals surface area contributed by atoms with E-state index in [-0.39, 0.29) is 0 Å². The molecular weight excluding hydrogens is 462 g/mol. The SMILES string of the molecule is CC/C(=C(/c1ccc(/C=C/C(=O)O)cc1)c1ccc2c(c1)CNN2)c1cccc(Oc2ccccn2)c1. The topological polar surface area (TPSA) is 83.5 Å². The first-order valence-electron chi connectivity index (χ1n) is 12.2.